The van der Waals surface area contributed by atoms with Crippen LogP contribution in [-0.2, 0) is 11.3 Å². The molecular weight excluding hydrogens is 410 g/mol. The van der Waals surface area contributed by atoms with Crippen LogP contribution in [0.1, 0.15) is 31.4 Å². The van der Waals surface area contributed by atoms with Gasteiger partial charge in [0.15, 0.2) is 0 Å². The number of H-pyrrole nitrogens is 1. The first-order chi connectivity index (χ1) is 13.0. The lowest BCUT2D eigenvalue weighted by Gasteiger charge is -2.18. The molecule has 2 N–H and O–H groups in total. The number of aryl methyl sites for hydroxylation is 1. The van der Waals surface area contributed by atoms with Gasteiger partial charge in [0.05, 0.1) is 16.9 Å². The van der Waals surface area contributed by atoms with E-state index in [1.54, 1.807) is 24.3 Å². The van der Waals surface area contributed by atoms with Gasteiger partial charge in [0.1, 0.15) is 0 Å². The summed E-state index contributed by atoms with van der Waals surface area (Å²) in [7, 11) is 0. The van der Waals surface area contributed by atoms with Gasteiger partial charge in [0.2, 0.25) is 5.91 Å². The number of aromatic amines is 1. The van der Waals surface area contributed by atoms with Crippen molar-refractivity contribution in [3.05, 3.63) is 79.4 Å². The Morgan fingerprint density at radius 3 is 2.56 bits per heavy atom. The van der Waals surface area contributed by atoms with Crippen LogP contribution in [0.5, 0.6) is 0 Å². The predicted molar refractivity (Wildman–Crippen MR) is 109 cm³/mol. The number of aromatic nitrogens is 2. The molecule has 0 aliphatic heterocycles. The van der Waals surface area contributed by atoms with E-state index in [1.165, 1.54) is 4.57 Å². The number of carbonyl (C=O) groups is 1. The minimum Gasteiger partial charge on any atom is -0.349 e. The third-order valence-corrected chi connectivity index (χ3v) is 5.01. The third-order valence-electron chi connectivity index (χ3n) is 4.48. The second kappa shape index (κ2) is 8.35. The zero-order valence-electron chi connectivity index (χ0n) is 14.9. The van der Waals surface area contributed by atoms with Gasteiger partial charge in [-0.15, -0.1) is 0 Å². The maximum Gasteiger partial charge on any atom is 0.328 e. The van der Waals surface area contributed by atoms with Gasteiger partial charge in [-0.25, -0.2) is 4.79 Å². The van der Waals surface area contributed by atoms with Gasteiger partial charge < -0.3 is 5.32 Å². The molecule has 0 saturated heterocycles. The highest BCUT2D eigenvalue weighted by Crippen LogP contribution is 2.19. The molecule has 0 bridgehead atoms. The molecule has 0 radical (unpaired) electrons. The number of nitrogens with one attached hydrogen (secondary N) is 2. The number of carbonyl (C=O) groups excluding carboxylic acids is 1. The third kappa shape index (κ3) is 4.36. The van der Waals surface area contributed by atoms with Crippen LogP contribution in [0, 0.1) is 0 Å². The fourth-order valence-corrected chi connectivity index (χ4v) is 3.32. The van der Waals surface area contributed by atoms with Crippen molar-refractivity contribution in [2.75, 3.05) is 0 Å². The van der Waals surface area contributed by atoms with E-state index < -0.39 is 11.2 Å². The Bertz CT molecular complexity index is 1070. The van der Waals surface area contributed by atoms with E-state index in [1.807, 2.05) is 31.2 Å². The van der Waals surface area contributed by atoms with E-state index in [0.29, 0.717) is 10.9 Å². The zero-order chi connectivity index (χ0) is 19.4. The van der Waals surface area contributed by atoms with Crippen molar-refractivity contribution >= 4 is 32.7 Å². The Labute approximate surface area is 164 Å². The molecule has 2 aromatic carbocycles. The number of nitrogens with zero attached hydrogens (tertiary/aromatic N) is 1. The Hall–Kier alpha value is -2.67. The Morgan fingerprint density at radius 2 is 1.85 bits per heavy atom. The van der Waals surface area contributed by atoms with Crippen LogP contribution >= 0.6 is 15.9 Å². The average molecular weight is 430 g/mol. The molecule has 1 amide bonds. The fourth-order valence-electron chi connectivity index (χ4n) is 3.06. The first-order valence-electron chi connectivity index (χ1n) is 8.76. The number of halogens is 1. The number of hydrogen-bond donors (Lipinski definition) is 2. The molecule has 0 aliphatic rings. The minimum atomic E-state index is -0.508. The van der Waals surface area contributed by atoms with Gasteiger partial charge in [-0.3, -0.25) is 19.1 Å². The topological polar surface area (TPSA) is 84.0 Å². The summed E-state index contributed by atoms with van der Waals surface area (Å²) in [5, 5.41) is 3.44. The molecule has 1 aromatic heterocycles. The fraction of sp³-hybridized carbons (Fsp3) is 0.250. The molecule has 0 saturated carbocycles. The van der Waals surface area contributed by atoms with Gasteiger partial charge >= 0.3 is 5.69 Å². The van der Waals surface area contributed by atoms with Gasteiger partial charge in [-0.1, -0.05) is 47.1 Å². The molecule has 7 heteroatoms. The van der Waals surface area contributed by atoms with Crippen LogP contribution < -0.4 is 16.6 Å². The quantitative estimate of drug-likeness (QED) is 0.631. The average Bonchev–Trinajstić information content (AvgIpc) is 2.66. The molecule has 27 heavy (non-hydrogen) atoms. The highest BCUT2D eigenvalue weighted by atomic mass is 79.9. The van der Waals surface area contributed by atoms with Crippen LogP contribution in [-0.4, -0.2) is 15.5 Å². The molecule has 1 atom stereocenters. The van der Waals surface area contributed by atoms with Crippen molar-refractivity contribution in [2.24, 2.45) is 0 Å². The second-order valence-corrected chi connectivity index (χ2v) is 7.17. The molecule has 1 heterocycles. The Balaban J connectivity index is 1.74. The number of benzene rings is 2. The largest absolute Gasteiger partial charge is 0.349 e. The van der Waals surface area contributed by atoms with E-state index in [0.717, 1.165) is 16.5 Å². The maximum absolute atomic E-state index is 12.4. The van der Waals surface area contributed by atoms with Crippen molar-refractivity contribution in [1.82, 2.24) is 14.9 Å². The number of rotatable bonds is 6. The molecule has 3 rings (SSSR count). The number of para-hydroxylation sites is 1. The zero-order valence-corrected chi connectivity index (χ0v) is 16.5. The molecule has 0 unspecified atom stereocenters. The van der Waals surface area contributed by atoms with Gasteiger partial charge in [-0.05, 0) is 36.2 Å². The first kappa shape index (κ1) is 19.1. The van der Waals surface area contributed by atoms with Gasteiger partial charge in [0.25, 0.3) is 5.56 Å². The predicted octanol–water partition coefficient (Wildman–Crippen LogP) is 3.11. The summed E-state index contributed by atoms with van der Waals surface area (Å²) in [5.41, 5.74) is 0.628. The molecule has 6 nitrogen and oxygen atoms in total. The summed E-state index contributed by atoms with van der Waals surface area (Å²) in [6.07, 6.45) is 0.901. The SMILES string of the molecule is CC[C@H](NC(=O)CCn1c(=O)[nH]c(=O)c2ccccc21)c1ccc(Br)cc1. The van der Waals surface area contributed by atoms with E-state index in [-0.39, 0.29) is 24.9 Å². The van der Waals surface area contributed by atoms with Crippen LogP contribution in [0.15, 0.2) is 62.6 Å². The number of amides is 1. The lowest BCUT2D eigenvalue weighted by molar-refractivity contribution is -0.122. The molecule has 140 valence electrons. The lowest BCUT2D eigenvalue weighted by Crippen LogP contribution is -2.33. The minimum absolute atomic E-state index is 0.0883. The molecule has 0 spiro atoms. The van der Waals surface area contributed by atoms with Crippen LogP contribution in [0.25, 0.3) is 10.9 Å². The van der Waals surface area contributed by atoms with Crippen molar-refractivity contribution in [2.45, 2.75) is 32.4 Å². The summed E-state index contributed by atoms with van der Waals surface area (Å²) in [6, 6.07) is 14.6. The Morgan fingerprint density at radius 1 is 1.15 bits per heavy atom. The molecular formula is C20H20BrN3O3. The molecule has 3 aromatic rings. The molecule has 0 aliphatic carbocycles. The monoisotopic (exact) mass is 429 g/mol. The highest BCUT2D eigenvalue weighted by molar-refractivity contribution is 9.10. The van der Waals surface area contributed by atoms with E-state index in [9.17, 15) is 14.4 Å². The Kier molecular flexibility index (Phi) is 5.91. The normalized spacial score (nSPS) is 12.1. The highest BCUT2D eigenvalue weighted by Gasteiger charge is 2.14. The van der Waals surface area contributed by atoms with Crippen LogP contribution in [0.2, 0.25) is 0 Å². The van der Waals surface area contributed by atoms with Crippen molar-refractivity contribution in [3.8, 4) is 0 Å². The van der Waals surface area contributed by atoms with E-state index >= 15 is 0 Å². The van der Waals surface area contributed by atoms with Crippen LogP contribution in [0.3, 0.4) is 0 Å². The second-order valence-electron chi connectivity index (χ2n) is 6.26. The summed E-state index contributed by atoms with van der Waals surface area (Å²) in [4.78, 5) is 38.8. The van der Waals surface area contributed by atoms with Crippen molar-refractivity contribution in [1.29, 1.82) is 0 Å². The smallest absolute Gasteiger partial charge is 0.328 e. The van der Waals surface area contributed by atoms with E-state index in [4.69, 9.17) is 0 Å². The van der Waals surface area contributed by atoms with Gasteiger partial charge in [-0.2, -0.15) is 0 Å². The first-order valence-corrected chi connectivity index (χ1v) is 9.55. The van der Waals surface area contributed by atoms with Crippen LogP contribution in [0.4, 0.5) is 0 Å². The van der Waals surface area contributed by atoms with Gasteiger partial charge in [0, 0.05) is 17.4 Å². The summed E-state index contributed by atoms with van der Waals surface area (Å²) in [5.74, 6) is -0.146. The molecule has 0 fully saturated rings. The standard InChI is InChI=1S/C20H20BrN3O3/c1-2-16(13-7-9-14(21)10-8-13)22-18(25)11-12-24-17-6-4-3-5-15(17)19(26)23-20(24)27/h3-10,16H,2,11-12H2,1H3,(H,22,25)(H,23,26,27)/t16-/m0/s1. The lowest BCUT2D eigenvalue weighted by atomic mass is 10.0. The number of fused-ring (bicyclic) bond motifs is 1. The van der Waals surface area contributed by atoms with Crippen molar-refractivity contribution < 1.29 is 4.79 Å². The number of hydrogen-bond acceptors (Lipinski definition) is 3. The summed E-state index contributed by atoms with van der Waals surface area (Å²) in [6.45, 7) is 2.20. The van der Waals surface area contributed by atoms with E-state index in [2.05, 4.69) is 26.2 Å². The maximum atomic E-state index is 12.4. The van der Waals surface area contributed by atoms with Crippen molar-refractivity contribution in [3.63, 3.8) is 0 Å². The summed E-state index contributed by atoms with van der Waals surface area (Å²) >= 11 is 3.40. The summed E-state index contributed by atoms with van der Waals surface area (Å²) < 4.78 is 2.41.